The van der Waals surface area contributed by atoms with Crippen LogP contribution in [0.1, 0.15) is 105 Å². The molecule has 1 fully saturated rings. The monoisotopic (exact) mass is 551 g/mol. The van der Waals surface area contributed by atoms with E-state index in [2.05, 4.69) is 11.8 Å². The van der Waals surface area contributed by atoms with Crippen LogP contribution in [0.15, 0.2) is 96.2 Å². The lowest BCUT2D eigenvalue weighted by Gasteiger charge is -2.23. The van der Waals surface area contributed by atoms with Gasteiger partial charge in [-0.05, 0) is 43.5 Å². The summed E-state index contributed by atoms with van der Waals surface area (Å²) in [5.41, 5.74) is 3.10. The average molecular weight is 552 g/mol. The molecule has 0 unspecified atom stereocenters. The van der Waals surface area contributed by atoms with Crippen molar-refractivity contribution in [3.8, 4) is 5.75 Å². The Morgan fingerprint density at radius 3 is 1.71 bits per heavy atom. The molecule has 0 N–H and O–H groups in total. The van der Waals surface area contributed by atoms with Gasteiger partial charge in [-0.3, -0.25) is 9.59 Å². The molecule has 41 heavy (non-hydrogen) atoms. The summed E-state index contributed by atoms with van der Waals surface area (Å²) in [5, 5.41) is 0. The number of unbranched alkanes of at least 4 members (excludes halogenated alkanes) is 9. The molecular formula is C37H45NO3. The first kappa shape index (κ1) is 30.3. The summed E-state index contributed by atoms with van der Waals surface area (Å²) in [6, 6.07) is 26.3. The predicted octanol–water partition coefficient (Wildman–Crippen LogP) is 9.61. The first-order valence-corrected chi connectivity index (χ1v) is 15.6. The zero-order valence-electron chi connectivity index (χ0n) is 24.7. The summed E-state index contributed by atoms with van der Waals surface area (Å²) in [5.74, 6) is 0.408. The fourth-order valence-corrected chi connectivity index (χ4v) is 5.55. The fourth-order valence-electron chi connectivity index (χ4n) is 5.55. The highest BCUT2D eigenvalue weighted by Crippen LogP contribution is 2.34. The molecule has 4 heteroatoms. The Kier molecular flexibility index (Phi) is 12.2. The van der Waals surface area contributed by atoms with Gasteiger partial charge in [-0.25, -0.2) is 0 Å². The van der Waals surface area contributed by atoms with E-state index in [1.165, 1.54) is 57.8 Å². The third-order valence-electron chi connectivity index (χ3n) is 7.85. The van der Waals surface area contributed by atoms with Crippen LogP contribution in [-0.2, 0) is 0 Å². The first-order valence-electron chi connectivity index (χ1n) is 15.6. The van der Waals surface area contributed by atoms with Gasteiger partial charge in [0.1, 0.15) is 5.75 Å². The number of anilines is 1. The topological polar surface area (TPSA) is 46.6 Å². The minimum atomic E-state index is -0.224. The normalized spacial score (nSPS) is 12.9. The van der Waals surface area contributed by atoms with E-state index < -0.39 is 0 Å². The lowest BCUT2D eigenvalue weighted by molar-refractivity contribution is 0.0960. The molecule has 4 rings (SSSR count). The minimum absolute atomic E-state index is 0.224. The molecule has 0 amide bonds. The Hall–Kier alpha value is -3.66. The van der Waals surface area contributed by atoms with Crippen molar-refractivity contribution in [3.05, 3.63) is 107 Å². The summed E-state index contributed by atoms with van der Waals surface area (Å²) >= 11 is 0. The maximum Gasteiger partial charge on any atom is 0.198 e. The lowest BCUT2D eigenvalue weighted by atomic mass is 9.93. The van der Waals surface area contributed by atoms with Crippen LogP contribution in [0, 0.1) is 0 Å². The number of Topliss-reactive ketones (excluding diaryl/α,β-unsaturated/α-hetero) is 2. The number of rotatable bonds is 17. The number of allylic oxidation sites excluding steroid dienone is 2. The number of ether oxygens (including phenoxy) is 1. The molecule has 0 spiro atoms. The smallest absolute Gasteiger partial charge is 0.198 e. The van der Waals surface area contributed by atoms with Crippen molar-refractivity contribution in [1.29, 1.82) is 0 Å². The van der Waals surface area contributed by atoms with Crippen LogP contribution in [-0.4, -0.2) is 24.7 Å². The molecule has 1 saturated heterocycles. The van der Waals surface area contributed by atoms with Crippen LogP contribution in [0.4, 0.5) is 5.69 Å². The van der Waals surface area contributed by atoms with Crippen LogP contribution in [0.3, 0.4) is 0 Å². The molecule has 3 aromatic carbocycles. The fraction of sp³-hybridized carbons (Fsp3) is 0.405. The molecule has 216 valence electrons. The Morgan fingerprint density at radius 2 is 1.17 bits per heavy atom. The van der Waals surface area contributed by atoms with Gasteiger partial charge in [0, 0.05) is 29.1 Å². The van der Waals surface area contributed by atoms with E-state index in [9.17, 15) is 9.59 Å². The predicted molar refractivity (Wildman–Crippen MR) is 169 cm³/mol. The highest BCUT2D eigenvalue weighted by atomic mass is 16.5. The van der Waals surface area contributed by atoms with Crippen molar-refractivity contribution in [2.75, 3.05) is 18.1 Å². The van der Waals surface area contributed by atoms with E-state index in [4.69, 9.17) is 4.74 Å². The third kappa shape index (κ3) is 8.91. The van der Waals surface area contributed by atoms with Crippen LogP contribution in [0.2, 0.25) is 0 Å². The second-order valence-corrected chi connectivity index (χ2v) is 11.0. The summed E-state index contributed by atoms with van der Waals surface area (Å²) in [7, 11) is 0. The van der Waals surface area contributed by atoms with Gasteiger partial charge in [-0.1, -0.05) is 125 Å². The first-order chi connectivity index (χ1) is 20.2. The quantitative estimate of drug-likeness (QED) is 0.0551. The van der Waals surface area contributed by atoms with Crippen molar-refractivity contribution in [3.63, 3.8) is 0 Å². The molecule has 0 radical (unpaired) electrons. The van der Waals surface area contributed by atoms with Crippen molar-refractivity contribution in [2.24, 2.45) is 0 Å². The van der Waals surface area contributed by atoms with E-state index >= 15 is 0 Å². The molecular weight excluding hydrogens is 506 g/mol. The van der Waals surface area contributed by atoms with Gasteiger partial charge in [-0.15, -0.1) is 0 Å². The van der Waals surface area contributed by atoms with Crippen molar-refractivity contribution in [1.82, 2.24) is 0 Å². The van der Waals surface area contributed by atoms with E-state index in [0.717, 1.165) is 43.1 Å². The standard InChI is InChI=1S/C37H45NO3/c1-2-3-4-5-6-7-8-9-10-17-29-41-33-26-24-32(25-27-33)38-28-18-23-34(38)35(36(39)30-19-13-11-14-20-30)37(40)31-21-15-12-16-22-31/h11-16,19-22,24-27H,2-10,17-18,23,28-29H2,1H3. The van der Waals surface area contributed by atoms with Gasteiger partial charge in [0.2, 0.25) is 0 Å². The number of ketones is 2. The average Bonchev–Trinajstić information content (AvgIpc) is 3.50. The van der Waals surface area contributed by atoms with Gasteiger partial charge >= 0.3 is 0 Å². The van der Waals surface area contributed by atoms with Crippen molar-refractivity contribution < 1.29 is 14.3 Å². The summed E-state index contributed by atoms with van der Waals surface area (Å²) in [6.07, 6.45) is 14.7. The number of carbonyl (C=O) groups excluding carboxylic acids is 2. The van der Waals surface area contributed by atoms with E-state index in [0.29, 0.717) is 17.5 Å². The largest absolute Gasteiger partial charge is 0.494 e. The SMILES string of the molecule is CCCCCCCCCCCCOc1ccc(N2CCCC2=C(C(=O)c2ccccc2)C(=O)c2ccccc2)cc1. The highest BCUT2D eigenvalue weighted by molar-refractivity contribution is 6.31. The summed E-state index contributed by atoms with van der Waals surface area (Å²) in [4.78, 5) is 29.6. The zero-order valence-corrected chi connectivity index (χ0v) is 24.7. The van der Waals surface area contributed by atoms with Gasteiger partial charge in [0.15, 0.2) is 11.6 Å². The number of hydrogen-bond donors (Lipinski definition) is 0. The molecule has 0 aliphatic carbocycles. The Balaban J connectivity index is 1.38. The molecule has 3 aromatic rings. The zero-order chi connectivity index (χ0) is 28.7. The Labute approximate surface area is 246 Å². The Morgan fingerprint density at radius 1 is 0.659 bits per heavy atom. The van der Waals surface area contributed by atoms with E-state index in [-0.39, 0.29) is 17.1 Å². The van der Waals surface area contributed by atoms with Gasteiger partial charge in [-0.2, -0.15) is 0 Å². The van der Waals surface area contributed by atoms with Crippen molar-refractivity contribution >= 4 is 17.3 Å². The Bertz CT molecular complexity index is 1190. The van der Waals surface area contributed by atoms with Gasteiger partial charge < -0.3 is 9.64 Å². The maximum absolute atomic E-state index is 13.7. The van der Waals surface area contributed by atoms with Crippen LogP contribution in [0.5, 0.6) is 5.75 Å². The maximum atomic E-state index is 13.7. The van der Waals surface area contributed by atoms with Gasteiger partial charge in [0.25, 0.3) is 0 Å². The molecule has 4 nitrogen and oxygen atoms in total. The van der Waals surface area contributed by atoms with Crippen LogP contribution < -0.4 is 9.64 Å². The van der Waals surface area contributed by atoms with E-state index in [1.54, 1.807) is 24.3 Å². The lowest BCUT2D eigenvalue weighted by Crippen LogP contribution is -2.24. The van der Waals surface area contributed by atoms with Crippen LogP contribution in [0.25, 0.3) is 0 Å². The number of nitrogens with zero attached hydrogens (tertiary/aromatic N) is 1. The minimum Gasteiger partial charge on any atom is -0.494 e. The molecule has 1 aliphatic heterocycles. The molecule has 0 aromatic heterocycles. The number of carbonyl (C=O) groups is 2. The molecule has 0 atom stereocenters. The second kappa shape index (κ2) is 16.6. The molecule has 1 heterocycles. The molecule has 0 saturated carbocycles. The van der Waals surface area contributed by atoms with Gasteiger partial charge in [0.05, 0.1) is 12.2 Å². The van der Waals surface area contributed by atoms with Crippen LogP contribution >= 0.6 is 0 Å². The third-order valence-corrected chi connectivity index (χ3v) is 7.85. The number of hydrogen-bond acceptors (Lipinski definition) is 4. The molecule has 0 bridgehead atoms. The molecule has 1 aliphatic rings. The summed E-state index contributed by atoms with van der Waals surface area (Å²) in [6.45, 7) is 3.76. The highest BCUT2D eigenvalue weighted by Gasteiger charge is 2.31. The number of benzene rings is 3. The van der Waals surface area contributed by atoms with Crippen molar-refractivity contribution in [2.45, 2.75) is 84.0 Å². The van der Waals surface area contributed by atoms with E-state index in [1.807, 2.05) is 60.7 Å². The summed E-state index contributed by atoms with van der Waals surface area (Å²) < 4.78 is 6.02. The second-order valence-electron chi connectivity index (χ2n) is 11.0.